The molecule has 0 aliphatic rings. The van der Waals surface area contributed by atoms with Crippen LogP contribution in [0.25, 0.3) is 0 Å². The number of aliphatic hydroxyl groups excluding tert-OH is 1. The van der Waals surface area contributed by atoms with E-state index in [1.807, 2.05) is 26.1 Å². The molecule has 0 bridgehead atoms. The fraction of sp³-hybridized carbons (Fsp3) is 0.333. The van der Waals surface area contributed by atoms with E-state index in [1.165, 1.54) is 11.3 Å². The van der Waals surface area contributed by atoms with Crippen LogP contribution in [-0.4, -0.2) is 33.9 Å². The highest BCUT2D eigenvalue weighted by Gasteiger charge is 2.11. The number of carbonyl (C=O) groups excluding carboxylic acids is 1. The molecular formula is C15H17N3O2S. The molecule has 2 heterocycles. The molecule has 2 aromatic heterocycles. The summed E-state index contributed by atoms with van der Waals surface area (Å²) < 4.78 is 1.80. The number of aliphatic hydroxyl groups is 1. The van der Waals surface area contributed by atoms with Crippen LogP contribution in [0.2, 0.25) is 0 Å². The zero-order valence-corrected chi connectivity index (χ0v) is 12.8. The fourth-order valence-electron chi connectivity index (χ4n) is 1.88. The molecule has 0 aliphatic carbocycles. The van der Waals surface area contributed by atoms with E-state index < -0.39 is 0 Å². The Labute approximate surface area is 127 Å². The number of nitrogens with one attached hydrogen (secondary N) is 1. The lowest BCUT2D eigenvalue weighted by Crippen LogP contribution is -2.25. The molecule has 0 aromatic carbocycles. The van der Waals surface area contributed by atoms with Gasteiger partial charge in [0, 0.05) is 31.9 Å². The van der Waals surface area contributed by atoms with Gasteiger partial charge in [-0.1, -0.05) is 11.8 Å². The first kappa shape index (κ1) is 15.3. The van der Waals surface area contributed by atoms with E-state index in [-0.39, 0.29) is 12.5 Å². The molecule has 2 rings (SSSR count). The van der Waals surface area contributed by atoms with Gasteiger partial charge in [0.25, 0.3) is 5.91 Å². The second-order valence-electron chi connectivity index (χ2n) is 4.53. The van der Waals surface area contributed by atoms with Gasteiger partial charge >= 0.3 is 0 Å². The highest BCUT2D eigenvalue weighted by molar-refractivity contribution is 7.14. The van der Waals surface area contributed by atoms with E-state index in [1.54, 1.807) is 10.9 Å². The minimum Gasteiger partial charge on any atom is -0.384 e. The van der Waals surface area contributed by atoms with Crippen molar-refractivity contribution in [1.82, 2.24) is 15.1 Å². The van der Waals surface area contributed by atoms with Crippen LogP contribution in [0, 0.1) is 18.8 Å². The number of hydrogen-bond donors (Lipinski definition) is 2. The van der Waals surface area contributed by atoms with Crippen molar-refractivity contribution in [1.29, 1.82) is 0 Å². The molecule has 110 valence electrons. The largest absolute Gasteiger partial charge is 0.384 e. The molecule has 2 aromatic rings. The molecule has 0 atom stereocenters. The Hall–Kier alpha value is -2.10. The summed E-state index contributed by atoms with van der Waals surface area (Å²) in [5.41, 5.74) is 2.03. The van der Waals surface area contributed by atoms with Crippen molar-refractivity contribution >= 4 is 17.2 Å². The number of nitrogens with zero attached hydrogens (tertiary/aromatic N) is 2. The van der Waals surface area contributed by atoms with Crippen molar-refractivity contribution in [3.8, 4) is 11.8 Å². The van der Waals surface area contributed by atoms with Gasteiger partial charge in [-0.25, -0.2) is 0 Å². The van der Waals surface area contributed by atoms with Crippen molar-refractivity contribution in [2.45, 2.75) is 13.3 Å². The van der Waals surface area contributed by atoms with Crippen molar-refractivity contribution in [2.75, 3.05) is 13.2 Å². The maximum absolute atomic E-state index is 12.1. The third-order valence-corrected chi connectivity index (χ3v) is 4.16. The predicted octanol–water partition coefficient (Wildman–Crippen LogP) is 1.11. The van der Waals surface area contributed by atoms with Gasteiger partial charge in [0.1, 0.15) is 6.61 Å². The second kappa shape index (κ2) is 7.07. The first-order valence-electron chi connectivity index (χ1n) is 6.57. The number of carbonyl (C=O) groups is 1. The van der Waals surface area contributed by atoms with Crippen molar-refractivity contribution < 1.29 is 9.90 Å². The fourth-order valence-corrected chi connectivity index (χ4v) is 2.84. The molecular weight excluding hydrogens is 286 g/mol. The average Bonchev–Trinajstić information content (AvgIpc) is 3.03. The van der Waals surface area contributed by atoms with Gasteiger partial charge < -0.3 is 10.4 Å². The minimum absolute atomic E-state index is 0.0951. The van der Waals surface area contributed by atoms with E-state index in [4.69, 9.17) is 5.11 Å². The minimum atomic E-state index is -0.177. The normalized spacial score (nSPS) is 10.0. The van der Waals surface area contributed by atoms with Crippen LogP contribution in [-0.2, 0) is 13.5 Å². The van der Waals surface area contributed by atoms with Crippen LogP contribution in [0.15, 0.2) is 18.3 Å². The lowest BCUT2D eigenvalue weighted by atomic mass is 10.2. The Morgan fingerprint density at radius 2 is 2.38 bits per heavy atom. The van der Waals surface area contributed by atoms with Crippen LogP contribution in [0.4, 0.5) is 0 Å². The summed E-state index contributed by atoms with van der Waals surface area (Å²) in [6.07, 6.45) is 2.48. The first-order chi connectivity index (χ1) is 10.1. The van der Waals surface area contributed by atoms with Crippen LogP contribution in [0.1, 0.15) is 25.8 Å². The van der Waals surface area contributed by atoms with Crippen LogP contribution in [0.3, 0.4) is 0 Å². The first-order valence-corrected chi connectivity index (χ1v) is 7.38. The van der Waals surface area contributed by atoms with Crippen LogP contribution >= 0.6 is 11.3 Å². The highest BCUT2D eigenvalue weighted by Crippen LogP contribution is 2.20. The Bertz CT molecular complexity index is 691. The smallest absolute Gasteiger partial charge is 0.261 e. The Balaban J connectivity index is 1.93. The van der Waals surface area contributed by atoms with E-state index in [9.17, 15) is 4.79 Å². The maximum atomic E-state index is 12.1. The molecule has 2 N–H and O–H groups in total. The summed E-state index contributed by atoms with van der Waals surface area (Å²) in [6.45, 7) is 2.29. The summed E-state index contributed by atoms with van der Waals surface area (Å²) in [6, 6.07) is 3.76. The van der Waals surface area contributed by atoms with E-state index in [0.717, 1.165) is 22.6 Å². The van der Waals surface area contributed by atoms with Gasteiger partial charge in [0.2, 0.25) is 0 Å². The lowest BCUT2D eigenvalue weighted by Gasteiger charge is -2.04. The summed E-state index contributed by atoms with van der Waals surface area (Å²) in [5.74, 6) is 5.36. The van der Waals surface area contributed by atoms with Crippen molar-refractivity contribution in [2.24, 2.45) is 7.05 Å². The molecule has 0 spiro atoms. The lowest BCUT2D eigenvalue weighted by molar-refractivity contribution is 0.0958. The van der Waals surface area contributed by atoms with Gasteiger partial charge in [0.05, 0.1) is 9.75 Å². The molecule has 6 heteroatoms. The van der Waals surface area contributed by atoms with Crippen molar-refractivity contribution in [3.05, 3.63) is 39.3 Å². The Morgan fingerprint density at radius 1 is 1.57 bits per heavy atom. The van der Waals surface area contributed by atoms with E-state index >= 15 is 0 Å². The van der Waals surface area contributed by atoms with Gasteiger partial charge in [-0.3, -0.25) is 9.48 Å². The number of aromatic nitrogens is 2. The Kier molecular flexibility index (Phi) is 5.14. The number of amides is 1. The van der Waals surface area contributed by atoms with Crippen LogP contribution in [0.5, 0.6) is 0 Å². The van der Waals surface area contributed by atoms with Gasteiger partial charge in [-0.15, -0.1) is 11.3 Å². The molecule has 0 saturated carbocycles. The van der Waals surface area contributed by atoms with E-state index in [2.05, 4.69) is 22.3 Å². The summed E-state index contributed by atoms with van der Waals surface area (Å²) >= 11 is 1.34. The molecule has 21 heavy (non-hydrogen) atoms. The number of aryl methyl sites for hydroxylation is 2. The Morgan fingerprint density at radius 3 is 3.05 bits per heavy atom. The average molecular weight is 303 g/mol. The molecule has 0 unspecified atom stereocenters. The molecule has 0 radical (unpaired) electrons. The third-order valence-electron chi connectivity index (χ3n) is 3.01. The van der Waals surface area contributed by atoms with Crippen molar-refractivity contribution in [3.63, 3.8) is 0 Å². The number of thiophene rings is 1. The molecule has 5 nitrogen and oxygen atoms in total. The van der Waals surface area contributed by atoms with E-state index in [0.29, 0.717) is 11.4 Å². The zero-order valence-electron chi connectivity index (χ0n) is 12.0. The summed E-state index contributed by atoms with van der Waals surface area (Å²) in [4.78, 5) is 13.5. The van der Waals surface area contributed by atoms with Gasteiger partial charge in [-0.2, -0.15) is 5.10 Å². The number of rotatable bonds is 4. The summed E-state index contributed by atoms with van der Waals surface area (Å²) in [5, 5.41) is 15.7. The predicted molar refractivity (Wildman–Crippen MR) is 82.3 cm³/mol. The quantitative estimate of drug-likeness (QED) is 0.831. The monoisotopic (exact) mass is 303 g/mol. The second-order valence-corrected chi connectivity index (χ2v) is 5.59. The third kappa shape index (κ3) is 3.94. The summed E-state index contributed by atoms with van der Waals surface area (Å²) in [7, 11) is 1.88. The molecule has 0 saturated heterocycles. The molecule has 0 aliphatic heterocycles. The molecule has 1 amide bonds. The van der Waals surface area contributed by atoms with Gasteiger partial charge in [0.15, 0.2) is 0 Å². The highest BCUT2D eigenvalue weighted by atomic mass is 32.1. The zero-order chi connectivity index (χ0) is 15.2. The molecule has 0 fully saturated rings. The number of hydrogen-bond acceptors (Lipinski definition) is 4. The van der Waals surface area contributed by atoms with Crippen LogP contribution < -0.4 is 5.32 Å². The van der Waals surface area contributed by atoms with Gasteiger partial charge in [-0.05, 0) is 24.6 Å². The SMILES string of the molecule is Cc1cc(C(=O)NCCc2ccnn2C)sc1C#CCO. The standard InChI is InChI=1S/C15H17N3O2S/c1-11-10-14(21-13(11)4-3-9-19)15(20)16-7-5-12-6-8-17-18(12)2/h6,8,10,19H,5,7,9H2,1-2H3,(H,16,20). The topological polar surface area (TPSA) is 67.2 Å². The maximum Gasteiger partial charge on any atom is 0.261 e.